The number of anilines is 1. The number of rotatable bonds is 5. The third-order valence-corrected chi connectivity index (χ3v) is 6.47. The number of amides is 1. The number of carbonyl (C=O) groups is 1. The summed E-state index contributed by atoms with van der Waals surface area (Å²) in [4.78, 5) is 16.9. The first-order valence-corrected chi connectivity index (χ1v) is 10.5. The monoisotopic (exact) mass is 388 g/mol. The molecule has 0 bridgehead atoms. The van der Waals surface area contributed by atoms with Crippen molar-refractivity contribution in [2.24, 2.45) is 5.92 Å². The summed E-state index contributed by atoms with van der Waals surface area (Å²) in [6.07, 6.45) is 4.98. The van der Waals surface area contributed by atoms with Crippen LogP contribution < -0.4 is 5.32 Å². The van der Waals surface area contributed by atoms with Crippen molar-refractivity contribution < 1.29 is 9.00 Å². The van der Waals surface area contributed by atoms with Gasteiger partial charge in [-0.15, -0.1) is 0 Å². The average Bonchev–Trinajstić information content (AvgIpc) is 3.15. The van der Waals surface area contributed by atoms with Crippen molar-refractivity contribution in [3.63, 3.8) is 0 Å². The maximum absolute atomic E-state index is 12.7. The second kappa shape index (κ2) is 8.35. The Morgan fingerprint density at radius 2 is 1.96 bits per heavy atom. The van der Waals surface area contributed by atoms with E-state index in [1.807, 2.05) is 47.1 Å². The van der Waals surface area contributed by atoms with Gasteiger partial charge in [-0.25, -0.2) is 13.5 Å². The summed E-state index contributed by atoms with van der Waals surface area (Å²) in [5.41, 5.74) is 3.07. The maximum atomic E-state index is 12.7. The number of carbonyl (C=O) groups excluding carboxylic acids is 1. The van der Waals surface area contributed by atoms with Gasteiger partial charge in [0.05, 0.1) is 6.33 Å². The first-order chi connectivity index (χ1) is 12.8. The topological polar surface area (TPSA) is 67.2 Å². The van der Waals surface area contributed by atoms with Gasteiger partial charge in [-0.05, 0) is 57.7 Å². The Labute approximate surface area is 163 Å². The standard InChI is InChI=1S/C20H28N4O2S/c1-14(2)23-12-19(21-13-23)27(26)24-9-7-17(8-10-24)20(25)22-18-11-15(3)5-6-16(18)4/h5-6,11-14,17H,7-10H2,1-4H3,(H,22,25). The van der Waals surface area contributed by atoms with E-state index in [4.69, 9.17) is 0 Å². The molecule has 1 N–H and O–H groups in total. The lowest BCUT2D eigenvalue weighted by Gasteiger charge is -2.29. The second-order valence-corrected chi connectivity index (χ2v) is 8.95. The summed E-state index contributed by atoms with van der Waals surface area (Å²) in [5, 5.41) is 3.65. The average molecular weight is 389 g/mol. The lowest BCUT2D eigenvalue weighted by atomic mass is 9.97. The minimum Gasteiger partial charge on any atom is -0.334 e. The molecule has 2 heterocycles. The molecule has 1 unspecified atom stereocenters. The van der Waals surface area contributed by atoms with Crippen LogP contribution in [0.2, 0.25) is 0 Å². The SMILES string of the molecule is Cc1ccc(C)c(NC(=O)C2CCN(S(=O)c3cn(C(C)C)cn3)CC2)c1. The molecule has 1 fully saturated rings. The Bertz CT molecular complexity index is 838. The number of hydrogen-bond donors (Lipinski definition) is 1. The van der Waals surface area contributed by atoms with E-state index in [1.165, 1.54) is 0 Å². The number of benzene rings is 1. The van der Waals surface area contributed by atoms with Crippen molar-refractivity contribution in [3.05, 3.63) is 41.9 Å². The molecule has 1 aliphatic rings. The molecule has 1 aliphatic heterocycles. The molecule has 1 saturated heterocycles. The minimum atomic E-state index is -1.27. The highest BCUT2D eigenvalue weighted by Crippen LogP contribution is 2.24. The van der Waals surface area contributed by atoms with Crippen LogP contribution in [0.25, 0.3) is 0 Å². The quantitative estimate of drug-likeness (QED) is 0.853. The highest BCUT2D eigenvalue weighted by atomic mass is 32.2. The lowest BCUT2D eigenvalue weighted by Crippen LogP contribution is -2.39. The molecule has 0 radical (unpaired) electrons. The zero-order valence-electron chi connectivity index (χ0n) is 16.4. The predicted molar refractivity (Wildman–Crippen MR) is 108 cm³/mol. The fraction of sp³-hybridized carbons (Fsp3) is 0.500. The molecule has 2 aromatic rings. The van der Waals surface area contributed by atoms with E-state index in [0.29, 0.717) is 37.0 Å². The fourth-order valence-corrected chi connectivity index (χ4v) is 4.37. The fourth-order valence-electron chi connectivity index (χ4n) is 3.21. The van der Waals surface area contributed by atoms with Crippen LogP contribution in [-0.4, -0.2) is 37.1 Å². The van der Waals surface area contributed by atoms with Crippen molar-refractivity contribution in [2.75, 3.05) is 18.4 Å². The van der Waals surface area contributed by atoms with E-state index in [1.54, 1.807) is 6.33 Å². The number of aromatic nitrogens is 2. The van der Waals surface area contributed by atoms with Crippen molar-refractivity contribution in [1.82, 2.24) is 13.9 Å². The molecule has 0 aliphatic carbocycles. The normalized spacial score (nSPS) is 17.2. The Hall–Kier alpha value is -1.99. The van der Waals surface area contributed by atoms with Gasteiger partial charge in [0.1, 0.15) is 11.0 Å². The van der Waals surface area contributed by atoms with Crippen LogP contribution in [-0.2, 0) is 15.8 Å². The van der Waals surface area contributed by atoms with Crippen LogP contribution in [0.5, 0.6) is 0 Å². The molecule has 146 valence electrons. The number of nitrogens with one attached hydrogen (secondary N) is 1. The molecule has 1 atom stereocenters. The largest absolute Gasteiger partial charge is 0.334 e. The number of nitrogens with zero attached hydrogens (tertiary/aromatic N) is 3. The summed E-state index contributed by atoms with van der Waals surface area (Å²) in [5.74, 6) is 0.00426. The van der Waals surface area contributed by atoms with Gasteiger partial charge in [0, 0.05) is 36.9 Å². The summed E-state index contributed by atoms with van der Waals surface area (Å²) in [6.45, 7) is 9.40. The maximum Gasteiger partial charge on any atom is 0.227 e. The van der Waals surface area contributed by atoms with Gasteiger partial charge in [0.15, 0.2) is 5.03 Å². The third-order valence-electron chi connectivity index (χ3n) is 5.06. The zero-order valence-corrected chi connectivity index (χ0v) is 17.3. The van der Waals surface area contributed by atoms with Gasteiger partial charge >= 0.3 is 0 Å². The van der Waals surface area contributed by atoms with E-state index in [9.17, 15) is 9.00 Å². The third kappa shape index (κ3) is 4.65. The van der Waals surface area contributed by atoms with Crippen LogP contribution in [0.1, 0.15) is 43.9 Å². The summed E-state index contributed by atoms with van der Waals surface area (Å²) in [6, 6.07) is 6.36. The first kappa shape index (κ1) is 19.8. The summed E-state index contributed by atoms with van der Waals surface area (Å²) < 4.78 is 16.6. The Balaban J connectivity index is 1.57. The van der Waals surface area contributed by atoms with Gasteiger partial charge in [-0.1, -0.05) is 12.1 Å². The van der Waals surface area contributed by atoms with Gasteiger partial charge in [-0.2, -0.15) is 0 Å². The van der Waals surface area contributed by atoms with Crippen molar-refractivity contribution in [3.8, 4) is 0 Å². The molecule has 0 saturated carbocycles. The number of piperidine rings is 1. The van der Waals surface area contributed by atoms with E-state index in [2.05, 4.69) is 24.1 Å². The highest BCUT2D eigenvalue weighted by Gasteiger charge is 2.29. The number of imidazole rings is 1. The molecule has 7 heteroatoms. The predicted octanol–water partition coefficient (Wildman–Crippen LogP) is 3.45. The van der Waals surface area contributed by atoms with E-state index < -0.39 is 11.0 Å². The molecule has 1 aromatic carbocycles. The first-order valence-electron chi connectivity index (χ1n) is 9.43. The molecule has 27 heavy (non-hydrogen) atoms. The van der Waals surface area contributed by atoms with Crippen LogP contribution in [0.4, 0.5) is 5.69 Å². The Morgan fingerprint density at radius 1 is 1.26 bits per heavy atom. The van der Waals surface area contributed by atoms with Crippen molar-refractivity contribution in [1.29, 1.82) is 0 Å². The molecule has 1 amide bonds. The lowest BCUT2D eigenvalue weighted by molar-refractivity contribution is -0.120. The molecule has 1 aromatic heterocycles. The molecular formula is C20H28N4O2S. The second-order valence-electron chi connectivity index (χ2n) is 7.51. The van der Waals surface area contributed by atoms with E-state index >= 15 is 0 Å². The van der Waals surface area contributed by atoms with Crippen LogP contribution in [0.15, 0.2) is 35.7 Å². The van der Waals surface area contributed by atoms with Crippen LogP contribution in [0, 0.1) is 19.8 Å². The van der Waals surface area contributed by atoms with Crippen LogP contribution >= 0.6 is 0 Å². The Kier molecular flexibility index (Phi) is 6.11. The molecular weight excluding hydrogens is 360 g/mol. The van der Waals surface area contributed by atoms with E-state index in [-0.39, 0.29) is 11.8 Å². The summed E-state index contributed by atoms with van der Waals surface area (Å²) in [7, 11) is -1.27. The Morgan fingerprint density at radius 3 is 2.59 bits per heavy atom. The van der Waals surface area contributed by atoms with Crippen molar-refractivity contribution >= 4 is 22.6 Å². The smallest absolute Gasteiger partial charge is 0.227 e. The van der Waals surface area contributed by atoms with Crippen molar-refractivity contribution in [2.45, 2.75) is 51.6 Å². The molecule has 3 rings (SSSR count). The number of hydrogen-bond acceptors (Lipinski definition) is 3. The van der Waals surface area contributed by atoms with E-state index in [0.717, 1.165) is 16.8 Å². The van der Waals surface area contributed by atoms with Gasteiger partial charge in [-0.3, -0.25) is 4.79 Å². The zero-order chi connectivity index (χ0) is 19.6. The van der Waals surface area contributed by atoms with Gasteiger partial charge in [0.25, 0.3) is 0 Å². The summed E-state index contributed by atoms with van der Waals surface area (Å²) >= 11 is 0. The van der Waals surface area contributed by atoms with Gasteiger partial charge in [0.2, 0.25) is 5.91 Å². The highest BCUT2D eigenvalue weighted by molar-refractivity contribution is 7.82. The molecule has 0 spiro atoms. The minimum absolute atomic E-state index is 0.0496. The molecule has 6 nitrogen and oxygen atoms in total. The number of aryl methyl sites for hydroxylation is 2. The van der Waals surface area contributed by atoms with Crippen LogP contribution in [0.3, 0.4) is 0 Å². The van der Waals surface area contributed by atoms with Gasteiger partial charge < -0.3 is 9.88 Å².